The van der Waals surface area contributed by atoms with Gasteiger partial charge in [0.05, 0.1) is 19.7 Å². The molecule has 1 aromatic heterocycles. The molecule has 0 radical (unpaired) electrons. The second kappa shape index (κ2) is 10.3. The predicted octanol–water partition coefficient (Wildman–Crippen LogP) is 4.26. The van der Waals surface area contributed by atoms with E-state index in [0.29, 0.717) is 6.54 Å². The summed E-state index contributed by atoms with van der Waals surface area (Å²) in [6.45, 7) is 8.74. The van der Waals surface area contributed by atoms with Crippen LogP contribution >= 0.6 is 0 Å². The molecule has 0 bridgehead atoms. The quantitative estimate of drug-likeness (QED) is 0.404. The van der Waals surface area contributed by atoms with Gasteiger partial charge in [-0.3, -0.25) is 4.90 Å². The molecule has 7 nitrogen and oxygen atoms in total. The van der Waals surface area contributed by atoms with Crippen molar-refractivity contribution in [3.63, 3.8) is 0 Å². The summed E-state index contributed by atoms with van der Waals surface area (Å²) in [5.41, 5.74) is 6.29. The number of anilines is 1. The molecule has 1 fully saturated rings. The fourth-order valence-electron chi connectivity index (χ4n) is 4.87. The van der Waals surface area contributed by atoms with Crippen molar-refractivity contribution in [1.29, 1.82) is 0 Å². The van der Waals surface area contributed by atoms with Gasteiger partial charge in [0.1, 0.15) is 5.75 Å². The third-order valence-electron chi connectivity index (χ3n) is 6.80. The molecular weight excluding hydrogens is 436 g/mol. The molecule has 180 valence electrons. The number of aryl methyl sites for hydroxylation is 2. The number of ether oxygens (including phenoxy) is 1. The summed E-state index contributed by atoms with van der Waals surface area (Å²) in [6.07, 6.45) is 0. The van der Waals surface area contributed by atoms with Crippen molar-refractivity contribution in [2.45, 2.75) is 26.4 Å². The summed E-state index contributed by atoms with van der Waals surface area (Å²) in [4.78, 5) is 4.99. The summed E-state index contributed by atoms with van der Waals surface area (Å²) in [5, 5.41) is 13.0. The normalized spacial score (nSPS) is 15.2. The SMILES string of the molecule is COc1ccc([C@@H](c2nnnn2Cc2ccccc2)N2CCN(c3cc(C)ccc3C)CC2)cc1. The Morgan fingerprint density at radius 3 is 2.34 bits per heavy atom. The Bertz CT molecular complexity index is 1250. The van der Waals surface area contributed by atoms with E-state index in [9.17, 15) is 0 Å². The highest BCUT2D eigenvalue weighted by Gasteiger charge is 2.31. The van der Waals surface area contributed by atoms with Crippen LogP contribution in [0.15, 0.2) is 72.8 Å². The highest BCUT2D eigenvalue weighted by atomic mass is 16.5. The lowest BCUT2D eigenvalue weighted by Gasteiger charge is -2.40. The smallest absolute Gasteiger partial charge is 0.173 e. The third-order valence-corrected chi connectivity index (χ3v) is 6.80. The zero-order valence-corrected chi connectivity index (χ0v) is 20.6. The second-order valence-electron chi connectivity index (χ2n) is 9.17. The molecule has 0 unspecified atom stereocenters. The number of benzene rings is 3. The van der Waals surface area contributed by atoms with Crippen molar-refractivity contribution < 1.29 is 4.74 Å². The van der Waals surface area contributed by atoms with Crippen molar-refractivity contribution in [2.24, 2.45) is 0 Å². The minimum Gasteiger partial charge on any atom is -0.497 e. The van der Waals surface area contributed by atoms with Gasteiger partial charge in [-0.05, 0) is 64.7 Å². The summed E-state index contributed by atoms with van der Waals surface area (Å²) in [6, 6.07) is 25.3. The average Bonchev–Trinajstić information content (AvgIpc) is 3.34. The number of methoxy groups -OCH3 is 1. The number of hydrogen-bond donors (Lipinski definition) is 0. The Morgan fingerprint density at radius 1 is 0.886 bits per heavy atom. The lowest BCUT2D eigenvalue weighted by atomic mass is 10.0. The minimum atomic E-state index is -0.0413. The fraction of sp³-hybridized carbons (Fsp3) is 0.321. The number of hydrogen-bond acceptors (Lipinski definition) is 6. The van der Waals surface area contributed by atoms with Crippen LogP contribution in [0.3, 0.4) is 0 Å². The van der Waals surface area contributed by atoms with Crippen LogP contribution in [-0.4, -0.2) is 58.4 Å². The van der Waals surface area contributed by atoms with Gasteiger partial charge in [0.25, 0.3) is 0 Å². The maximum absolute atomic E-state index is 5.41. The van der Waals surface area contributed by atoms with Crippen LogP contribution < -0.4 is 9.64 Å². The molecule has 0 amide bonds. The molecule has 35 heavy (non-hydrogen) atoms. The number of aromatic nitrogens is 4. The highest BCUT2D eigenvalue weighted by molar-refractivity contribution is 5.55. The van der Waals surface area contributed by atoms with Crippen LogP contribution in [0.1, 0.15) is 34.1 Å². The van der Waals surface area contributed by atoms with Crippen LogP contribution in [0.2, 0.25) is 0 Å². The van der Waals surface area contributed by atoms with E-state index in [2.05, 4.69) is 81.6 Å². The molecule has 5 rings (SSSR count). The fourth-order valence-corrected chi connectivity index (χ4v) is 4.87. The predicted molar refractivity (Wildman–Crippen MR) is 138 cm³/mol. The highest BCUT2D eigenvalue weighted by Crippen LogP contribution is 2.31. The molecule has 0 saturated carbocycles. The van der Waals surface area contributed by atoms with E-state index in [4.69, 9.17) is 4.74 Å². The second-order valence-corrected chi connectivity index (χ2v) is 9.17. The third kappa shape index (κ3) is 5.05. The van der Waals surface area contributed by atoms with E-state index in [-0.39, 0.29) is 6.04 Å². The zero-order valence-electron chi connectivity index (χ0n) is 20.6. The van der Waals surface area contributed by atoms with Crippen molar-refractivity contribution in [3.05, 3.63) is 101 Å². The first-order valence-corrected chi connectivity index (χ1v) is 12.1. The molecule has 1 atom stereocenters. The first kappa shape index (κ1) is 23.1. The van der Waals surface area contributed by atoms with Crippen LogP contribution in [0, 0.1) is 13.8 Å². The van der Waals surface area contributed by atoms with Gasteiger partial charge in [-0.25, -0.2) is 4.68 Å². The topological polar surface area (TPSA) is 59.3 Å². The van der Waals surface area contributed by atoms with Crippen LogP contribution in [0.25, 0.3) is 0 Å². The van der Waals surface area contributed by atoms with Gasteiger partial charge in [0.2, 0.25) is 0 Å². The molecule has 2 heterocycles. The Balaban J connectivity index is 1.43. The van der Waals surface area contributed by atoms with Gasteiger partial charge in [-0.1, -0.05) is 54.6 Å². The molecule has 1 aliphatic rings. The standard InChI is InChI=1S/C28H32N6O/c1-21-9-10-22(2)26(19-21)32-15-17-33(18-16-32)27(24-11-13-25(35-3)14-12-24)28-29-30-31-34(28)20-23-7-5-4-6-8-23/h4-14,19,27H,15-18,20H2,1-3H3/t27-/m0/s1. The minimum absolute atomic E-state index is 0.0413. The maximum Gasteiger partial charge on any atom is 0.173 e. The summed E-state index contributed by atoms with van der Waals surface area (Å²) in [7, 11) is 1.69. The molecule has 1 saturated heterocycles. The van der Waals surface area contributed by atoms with Gasteiger partial charge in [-0.2, -0.15) is 0 Å². The molecule has 4 aromatic rings. The number of piperazine rings is 1. The van der Waals surface area contributed by atoms with E-state index in [0.717, 1.165) is 43.3 Å². The lowest BCUT2D eigenvalue weighted by Crippen LogP contribution is -2.48. The van der Waals surface area contributed by atoms with Crippen LogP contribution in [-0.2, 0) is 6.54 Å². The Hall–Kier alpha value is -3.71. The van der Waals surface area contributed by atoms with E-state index in [1.54, 1.807) is 7.11 Å². The average molecular weight is 469 g/mol. The summed E-state index contributed by atoms with van der Waals surface area (Å²) < 4.78 is 7.34. The van der Waals surface area contributed by atoms with Gasteiger partial charge >= 0.3 is 0 Å². The largest absolute Gasteiger partial charge is 0.497 e. The number of rotatable bonds is 7. The van der Waals surface area contributed by atoms with Crippen LogP contribution in [0.5, 0.6) is 5.75 Å². The van der Waals surface area contributed by atoms with E-state index in [1.165, 1.54) is 22.4 Å². The maximum atomic E-state index is 5.41. The number of nitrogens with zero attached hydrogens (tertiary/aromatic N) is 6. The van der Waals surface area contributed by atoms with Gasteiger partial charge in [0, 0.05) is 31.9 Å². The molecule has 0 N–H and O–H groups in total. The van der Waals surface area contributed by atoms with Gasteiger partial charge < -0.3 is 9.64 Å². The Morgan fingerprint density at radius 2 is 1.63 bits per heavy atom. The molecule has 7 heteroatoms. The molecule has 3 aromatic carbocycles. The molecular formula is C28H32N6O. The monoisotopic (exact) mass is 468 g/mol. The van der Waals surface area contributed by atoms with E-state index in [1.807, 2.05) is 35.0 Å². The first-order chi connectivity index (χ1) is 17.1. The van der Waals surface area contributed by atoms with Gasteiger partial charge in [0.15, 0.2) is 5.82 Å². The zero-order chi connectivity index (χ0) is 24.2. The Kier molecular flexibility index (Phi) is 6.77. The first-order valence-electron chi connectivity index (χ1n) is 12.1. The molecule has 0 spiro atoms. The van der Waals surface area contributed by atoms with E-state index >= 15 is 0 Å². The van der Waals surface area contributed by atoms with Crippen LogP contribution in [0.4, 0.5) is 5.69 Å². The lowest BCUT2D eigenvalue weighted by molar-refractivity contribution is 0.201. The van der Waals surface area contributed by atoms with Crippen molar-refractivity contribution in [2.75, 3.05) is 38.2 Å². The number of tetrazole rings is 1. The van der Waals surface area contributed by atoms with Crippen molar-refractivity contribution in [3.8, 4) is 5.75 Å². The van der Waals surface area contributed by atoms with E-state index < -0.39 is 0 Å². The van der Waals surface area contributed by atoms with Gasteiger partial charge in [-0.15, -0.1) is 5.10 Å². The molecule has 0 aliphatic carbocycles. The molecule has 1 aliphatic heterocycles. The van der Waals surface area contributed by atoms with Crippen molar-refractivity contribution in [1.82, 2.24) is 25.1 Å². The summed E-state index contributed by atoms with van der Waals surface area (Å²) in [5.74, 6) is 1.70. The summed E-state index contributed by atoms with van der Waals surface area (Å²) >= 11 is 0. The van der Waals surface area contributed by atoms with Crippen molar-refractivity contribution >= 4 is 5.69 Å². The Labute approximate surface area is 206 Å².